The predicted octanol–water partition coefficient (Wildman–Crippen LogP) is 4.55. The van der Waals surface area contributed by atoms with Crippen molar-refractivity contribution < 1.29 is 17.9 Å². The van der Waals surface area contributed by atoms with E-state index in [1.165, 1.54) is 11.4 Å². The topological polar surface area (TPSA) is 75.7 Å². The number of carbonyl (C=O) groups excluding carboxylic acids is 1. The molecule has 1 atom stereocenters. The summed E-state index contributed by atoms with van der Waals surface area (Å²) in [6.07, 6.45) is 0.925. The minimum atomic E-state index is -3.34. The van der Waals surface area contributed by atoms with Crippen molar-refractivity contribution >= 4 is 27.3 Å². The van der Waals surface area contributed by atoms with Gasteiger partial charge < -0.3 is 10.1 Å². The smallest absolute Gasteiger partial charge is 0.265 e. The van der Waals surface area contributed by atoms with E-state index in [0.29, 0.717) is 23.5 Å². The van der Waals surface area contributed by atoms with Crippen LogP contribution in [0, 0.1) is 0 Å². The Bertz CT molecular complexity index is 1130. The number of nitrogens with zero attached hydrogens (tertiary/aromatic N) is 1. The van der Waals surface area contributed by atoms with Gasteiger partial charge >= 0.3 is 0 Å². The number of anilines is 2. The van der Waals surface area contributed by atoms with Crippen molar-refractivity contribution in [1.29, 1.82) is 0 Å². The Morgan fingerprint density at radius 3 is 2.19 bits per heavy atom. The highest BCUT2D eigenvalue weighted by Crippen LogP contribution is 2.28. The zero-order valence-electron chi connectivity index (χ0n) is 17.8. The summed E-state index contributed by atoms with van der Waals surface area (Å²) < 4.78 is 30.4. The first-order chi connectivity index (χ1) is 14.8. The number of sulfonamides is 1. The van der Waals surface area contributed by atoms with E-state index in [9.17, 15) is 13.2 Å². The quantitative estimate of drug-likeness (QED) is 0.560. The van der Waals surface area contributed by atoms with Gasteiger partial charge in [0.1, 0.15) is 5.75 Å². The highest BCUT2D eigenvalue weighted by Gasteiger charge is 2.20. The van der Waals surface area contributed by atoms with Crippen molar-refractivity contribution in [2.24, 2.45) is 0 Å². The van der Waals surface area contributed by atoms with Gasteiger partial charge in [-0.15, -0.1) is 0 Å². The Balaban J connectivity index is 1.74. The molecule has 0 aliphatic carbocycles. The lowest BCUT2D eigenvalue weighted by Crippen LogP contribution is -2.32. The van der Waals surface area contributed by atoms with Crippen LogP contribution >= 0.6 is 0 Å². The zero-order chi connectivity index (χ0) is 22.4. The Hall–Kier alpha value is -3.32. The largest absolute Gasteiger partial charge is 0.481 e. The molecule has 0 radical (unpaired) electrons. The maximum atomic E-state index is 12.9. The molecule has 3 rings (SSSR count). The van der Waals surface area contributed by atoms with Crippen LogP contribution in [0.2, 0.25) is 0 Å². The zero-order valence-corrected chi connectivity index (χ0v) is 18.6. The Morgan fingerprint density at radius 1 is 0.968 bits per heavy atom. The second kappa shape index (κ2) is 9.66. The van der Waals surface area contributed by atoms with Gasteiger partial charge in [0, 0.05) is 18.3 Å². The van der Waals surface area contributed by atoms with Crippen LogP contribution in [0.1, 0.15) is 13.3 Å². The molecule has 0 saturated carbocycles. The lowest BCUT2D eigenvalue weighted by atomic mass is 10.0. The normalized spacial score (nSPS) is 12.1. The van der Waals surface area contributed by atoms with Crippen LogP contribution in [0.3, 0.4) is 0 Å². The summed E-state index contributed by atoms with van der Waals surface area (Å²) >= 11 is 0. The number of para-hydroxylation sites is 1. The van der Waals surface area contributed by atoms with Gasteiger partial charge in [-0.05, 0) is 42.3 Å². The molecule has 0 aliphatic heterocycles. The van der Waals surface area contributed by atoms with E-state index in [2.05, 4.69) is 5.32 Å². The Labute approximate surface area is 183 Å². The fourth-order valence-corrected chi connectivity index (χ4v) is 3.59. The van der Waals surface area contributed by atoms with Gasteiger partial charge in [-0.1, -0.05) is 55.5 Å². The number of ether oxygens (including phenoxy) is 1. The third kappa shape index (κ3) is 5.64. The first kappa shape index (κ1) is 22.4. The molecule has 0 saturated heterocycles. The van der Waals surface area contributed by atoms with Gasteiger partial charge in [0.15, 0.2) is 6.10 Å². The first-order valence-corrected chi connectivity index (χ1v) is 11.8. The second-order valence-electron chi connectivity index (χ2n) is 7.14. The third-order valence-electron chi connectivity index (χ3n) is 4.91. The van der Waals surface area contributed by atoms with Gasteiger partial charge in [0.25, 0.3) is 5.91 Å². The molecular weight excluding hydrogens is 412 g/mol. The van der Waals surface area contributed by atoms with Gasteiger partial charge in [0.2, 0.25) is 10.0 Å². The summed E-state index contributed by atoms with van der Waals surface area (Å²) in [5.41, 5.74) is 3.17. The maximum Gasteiger partial charge on any atom is 0.265 e. The van der Waals surface area contributed by atoms with Gasteiger partial charge in [-0.3, -0.25) is 9.10 Å². The number of amides is 1. The van der Waals surface area contributed by atoms with E-state index in [4.69, 9.17) is 4.74 Å². The van der Waals surface area contributed by atoms with Crippen molar-refractivity contribution in [1.82, 2.24) is 0 Å². The second-order valence-corrected chi connectivity index (χ2v) is 9.15. The molecular formula is C24H26N2O4S. The molecule has 3 aromatic carbocycles. The number of hydrogen-bond donors (Lipinski definition) is 1. The molecule has 0 heterocycles. The molecule has 0 spiro atoms. The van der Waals surface area contributed by atoms with Crippen LogP contribution in [0.25, 0.3) is 11.1 Å². The molecule has 1 N–H and O–H groups in total. The number of benzene rings is 3. The lowest BCUT2D eigenvalue weighted by Gasteiger charge is -2.20. The molecule has 0 unspecified atom stereocenters. The van der Waals surface area contributed by atoms with Gasteiger partial charge in [0.05, 0.1) is 11.9 Å². The van der Waals surface area contributed by atoms with E-state index in [0.717, 1.165) is 17.4 Å². The van der Waals surface area contributed by atoms with Crippen molar-refractivity contribution in [3.05, 3.63) is 78.9 Å². The molecule has 0 bridgehead atoms. The van der Waals surface area contributed by atoms with Crippen LogP contribution in [0.5, 0.6) is 5.75 Å². The van der Waals surface area contributed by atoms with Crippen LogP contribution in [0.15, 0.2) is 78.9 Å². The van der Waals surface area contributed by atoms with E-state index >= 15 is 0 Å². The van der Waals surface area contributed by atoms with Crippen LogP contribution in [0.4, 0.5) is 11.4 Å². The molecule has 7 heteroatoms. The standard InChI is InChI=1S/C24H26N2O4S/c1-4-23(30-20-16-14-19(15-17-20)26(2)31(3,28)29)24(27)25-22-13-9-8-12-21(22)18-10-6-5-7-11-18/h5-17,23H,4H2,1-3H3,(H,25,27)/t23-/m1/s1. The lowest BCUT2D eigenvalue weighted by molar-refractivity contribution is -0.122. The maximum absolute atomic E-state index is 12.9. The highest BCUT2D eigenvalue weighted by molar-refractivity contribution is 7.92. The molecule has 1 amide bonds. The Morgan fingerprint density at radius 2 is 1.58 bits per heavy atom. The third-order valence-corrected chi connectivity index (χ3v) is 6.11. The van der Waals surface area contributed by atoms with Crippen LogP contribution in [-0.2, 0) is 14.8 Å². The van der Waals surface area contributed by atoms with Crippen molar-refractivity contribution in [3.63, 3.8) is 0 Å². The monoisotopic (exact) mass is 438 g/mol. The van der Waals surface area contributed by atoms with Crippen molar-refractivity contribution in [3.8, 4) is 16.9 Å². The summed E-state index contributed by atoms with van der Waals surface area (Å²) in [6, 6.07) is 24.1. The van der Waals surface area contributed by atoms with E-state index in [1.54, 1.807) is 24.3 Å². The summed E-state index contributed by atoms with van der Waals surface area (Å²) in [7, 11) is -1.86. The highest BCUT2D eigenvalue weighted by atomic mass is 32.2. The average Bonchev–Trinajstić information content (AvgIpc) is 2.77. The van der Waals surface area contributed by atoms with E-state index < -0.39 is 16.1 Å². The van der Waals surface area contributed by atoms with Crippen LogP contribution < -0.4 is 14.4 Å². The van der Waals surface area contributed by atoms with Gasteiger partial charge in [-0.25, -0.2) is 8.42 Å². The van der Waals surface area contributed by atoms with Gasteiger partial charge in [-0.2, -0.15) is 0 Å². The van der Waals surface area contributed by atoms with E-state index in [-0.39, 0.29) is 5.91 Å². The number of nitrogens with one attached hydrogen (secondary N) is 1. The molecule has 31 heavy (non-hydrogen) atoms. The van der Waals surface area contributed by atoms with Crippen molar-refractivity contribution in [2.45, 2.75) is 19.4 Å². The minimum absolute atomic E-state index is 0.247. The average molecular weight is 439 g/mol. The number of carbonyl (C=O) groups is 1. The summed E-state index contributed by atoms with van der Waals surface area (Å²) in [4.78, 5) is 12.9. The molecule has 0 aromatic heterocycles. The van der Waals surface area contributed by atoms with Crippen LogP contribution in [-0.4, -0.2) is 33.7 Å². The molecule has 0 fully saturated rings. The molecule has 6 nitrogen and oxygen atoms in total. The molecule has 0 aliphatic rings. The number of hydrogen-bond acceptors (Lipinski definition) is 4. The predicted molar refractivity (Wildman–Crippen MR) is 125 cm³/mol. The van der Waals surface area contributed by atoms with Crippen molar-refractivity contribution in [2.75, 3.05) is 22.9 Å². The fourth-order valence-electron chi connectivity index (χ4n) is 3.09. The fraction of sp³-hybridized carbons (Fsp3) is 0.208. The molecule has 3 aromatic rings. The summed E-state index contributed by atoms with van der Waals surface area (Å²) in [6.45, 7) is 1.87. The Kier molecular flexibility index (Phi) is 6.97. The summed E-state index contributed by atoms with van der Waals surface area (Å²) in [5.74, 6) is 0.243. The van der Waals surface area contributed by atoms with E-state index in [1.807, 2.05) is 61.5 Å². The first-order valence-electron chi connectivity index (χ1n) is 9.95. The SMILES string of the molecule is CC[C@@H](Oc1ccc(N(C)S(C)(=O)=O)cc1)C(=O)Nc1ccccc1-c1ccccc1. The molecule has 162 valence electrons. The minimum Gasteiger partial charge on any atom is -0.481 e. The summed E-state index contributed by atoms with van der Waals surface area (Å²) in [5, 5.41) is 2.98. The number of rotatable bonds is 8.